The van der Waals surface area contributed by atoms with Gasteiger partial charge in [0.05, 0.1) is 17.5 Å². The van der Waals surface area contributed by atoms with E-state index in [1.54, 1.807) is 0 Å². The van der Waals surface area contributed by atoms with Crippen LogP contribution in [0.25, 0.3) is 0 Å². The molecule has 0 unspecified atom stereocenters. The zero-order valence-corrected chi connectivity index (χ0v) is 22.7. The Morgan fingerprint density at radius 3 is 1.47 bits per heavy atom. The first-order valence-electron chi connectivity index (χ1n) is 8.89. The molecule has 0 aliphatic rings. The van der Waals surface area contributed by atoms with Crippen molar-refractivity contribution in [3.8, 4) is 5.75 Å². The van der Waals surface area contributed by atoms with Crippen LogP contribution in [0.15, 0.2) is 94.7 Å². The minimum atomic E-state index is 0. The summed E-state index contributed by atoms with van der Waals surface area (Å²) in [4.78, 5) is 2.77. The van der Waals surface area contributed by atoms with Gasteiger partial charge < -0.3 is 4.74 Å². The molecule has 3 aromatic rings. The molecule has 0 saturated heterocycles. The van der Waals surface area contributed by atoms with Gasteiger partial charge in [0.1, 0.15) is 11.5 Å². The van der Waals surface area contributed by atoms with Crippen LogP contribution in [0.5, 0.6) is 5.75 Å². The van der Waals surface area contributed by atoms with E-state index >= 15 is 0 Å². The summed E-state index contributed by atoms with van der Waals surface area (Å²) in [5.41, 5.74) is 1.35. The van der Waals surface area contributed by atoms with Crippen LogP contribution in [0.4, 0.5) is 28.2 Å². The van der Waals surface area contributed by atoms with Crippen LogP contribution in [0.2, 0.25) is 0 Å². The third kappa shape index (κ3) is 12.3. The van der Waals surface area contributed by atoms with Gasteiger partial charge in [-0.05, 0) is 42.8 Å². The first-order chi connectivity index (χ1) is 12.4. The normalized spacial score (nSPS) is 8.44. The maximum absolute atomic E-state index is 5.78. The number of hydrogen-bond donors (Lipinski definition) is 0. The fourth-order valence-electron chi connectivity index (χ4n) is 2.66. The standard InChI is InChI=1S/C23H25OS.6FH.Sb.3H/c1-2-3-18-24-21-16-14-20(15-17-21)19-25(22-10-6-4-7-11-22)23-12-8-5-9-13-23;;;;;;;;;;/h4-17H,2-3,18-19H2,1H3;6*1H;;;;/q+1;;;;;;;;;;. The SMILES string of the molecule is CCCCOc1ccc(C[S+](c2ccccc2)c2ccccc2)cc1.F.F.F.F.F.F.[SbH3]. The summed E-state index contributed by atoms with van der Waals surface area (Å²) in [6.45, 7) is 2.98. The van der Waals surface area contributed by atoms with Crippen molar-refractivity contribution in [1.29, 1.82) is 0 Å². The van der Waals surface area contributed by atoms with Crippen molar-refractivity contribution < 1.29 is 33.0 Å². The van der Waals surface area contributed by atoms with Crippen LogP contribution in [-0.4, -0.2) is 31.0 Å². The predicted molar refractivity (Wildman–Crippen MR) is 132 cm³/mol. The van der Waals surface area contributed by atoms with Gasteiger partial charge in [0, 0.05) is 5.56 Å². The summed E-state index contributed by atoms with van der Waals surface area (Å²) < 4.78 is 5.78. The van der Waals surface area contributed by atoms with Gasteiger partial charge in [-0.3, -0.25) is 28.2 Å². The summed E-state index contributed by atoms with van der Waals surface area (Å²) in [5, 5.41) is 0. The zero-order chi connectivity index (χ0) is 17.3. The Hall–Kier alpha value is -1.79. The first-order valence-corrected chi connectivity index (χ1v) is 10.3. The zero-order valence-electron chi connectivity index (χ0n) is 17.9. The van der Waals surface area contributed by atoms with Gasteiger partial charge >= 0.3 is 24.4 Å². The molecule has 184 valence electrons. The fourth-order valence-corrected chi connectivity index (χ4v) is 4.76. The number of rotatable bonds is 8. The van der Waals surface area contributed by atoms with Gasteiger partial charge in [-0.15, -0.1) is 0 Å². The number of unbranched alkanes of at least 4 members (excludes halogenated alkanes) is 1. The molecule has 0 N–H and O–H groups in total. The van der Waals surface area contributed by atoms with Crippen molar-refractivity contribution in [2.75, 3.05) is 6.61 Å². The second-order valence-corrected chi connectivity index (χ2v) is 8.02. The average Bonchev–Trinajstić information content (AvgIpc) is 2.69. The van der Waals surface area contributed by atoms with E-state index in [9.17, 15) is 0 Å². The van der Waals surface area contributed by atoms with E-state index in [1.165, 1.54) is 15.4 Å². The summed E-state index contributed by atoms with van der Waals surface area (Å²) >= 11 is 0. The molecule has 3 aromatic carbocycles. The summed E-state index contributed by atoms with van der Waals surface area (Å²) in [5.74, 6) is 1.99. The molecule has 0 amide bonds. The predicted octanol–water partition coefficient (Wildman–Crippen LogP) is 5.83. The van der Waals surface area contributed by atoms with Gasteiger partial charge in [-0.2, -0.15) is 0 Å². The number of halogens is 6. The van der Waals surface area contributed by atoms with E-state index < -0.39 is 0 Å². The Balaban J connectivity index is -0.000000347. The summed E-state index contributed by atoms with van der Waals surface area (Å²) in [7, 11) is 0.0436. The summed E-state index contributed by atoms with van der Waals surface area (Å²) in [6, 6.07) is 30.2. The molecule has 0 aromatic heterocycles. The Bertz CT molecular complexity index is 727. The molecule has 9 heteroatoms. The van der Waals surface area contributed by atoms with Gasteiger partial charge in [0.25, 0.3) is 0 Å². The van der Waals surface area contributed by atoms with Crippen LogP contribution in [0.3, 0.4) is 0 Å². The van der Waals surface area contributed by atoms with Crippen LogP contribution >= 0.6 is 0 Å². The van der Waals surface area contributed by atoms with Crippen molar-refractivity contribution >= 4 is 35.3 Å². The van der Waals surface area contributed by atoms with Gasteiger partial charge in [-0.25, -0.2) is 0 Å². The van der Waals surface area contributed by atoms with Gasteiger partial charge in [0.15, 0.2) is 9.79 Å². The van der Waals surface area contributed by atoms with Crippen LogP contribution in [0, 0.1) is 0 Å². The topological polar surface area (TPSA) is 9.23 Å². The molecule has 0 atom stereocenters. The molecule has 0 spiro atoms. The Morgan fingerprint density at radius 1 is 0.625 bits per heavy atom. The number of hydrogen-bond acceptors (Lipinski definition) is 1. The van der Waals surface area contributed by atoms with Crippen LogP contribution in [0.1, 0.15) is 25.3 Å². The van der Waals surface area contributed by atoms with Crippen LogP contribution < -0.4 is 4.74 Å². The second-order valence-electron chi connectivity index (χ2n) is 6.01. The maximum atomic E-state index is 5.78. The molecular formula is C23H34F6OSSb+. The average molecular weight is 594 g/mol. The Labute approximate surface area is 206 Å². The van der Waals surface area contributed by atoms with E-state index in [-0.39, 0.29) is 63.5 Å². The molecular weight excluding hydrogens is 560 g/mol. The Morgan fingerprint density at radius 2 is 1.06 bits per heavy atom. The molecule has 3 rings (SSSR count). The van der Waals surface area contributed by atoms with E-state index in [0.717, 1.165) is 31.0 Å². The fraction of sp³-hybridized carbons (Fsp3) is 0.217. The van der Waals surface area contributed by atoms with Crippen LogP contribution in [-0.2, 0) is 16.6 Å². The molecule has 1 nitrogen and oxygen atoms in total. The molecule has 0 fully saturated rings. The van der Waals surface area contributed by atoms with Crippen molar-refractivity contribution in [1.82, 2.24) is 0 Å². The first kappa shape index (κ1) is 40.6. The molecule has 0 heterocycles. The van der Waals surface area contributed by atoms with Crippen molar-refractivity contribution in [2.45, 2.75) is 35.3 Å². The van der Waals surface area contributed by atoms with Crippen molar-refractivity contribution in [2.24, 2.45) is 0 Å². The molecule has 0 saturated carbocycles. The monoisotopic (exact) mass is 593 g/mol. The van der Waals surface area contributed by atoms with Gasteiger partial charge in [0.2, 0.25) is 0 Å². The molecule has 0 radical (unpaired) electrons. The van der Waals surface area contributed by atoms with E-state index in [0.29, 0.717) is 0 Å². The number of ether oxygens (including phenoxy) is 1. The molecule has 0 aliphatic carbocycles. The third-order valence-corrected chi connectivity index (χ3v) is 6.36. The summed E-state index contributed by atoms with van der Waals surface area (Å²) in [6.07, 6.45) is 2.27. The molecule has 0 bridgehead atoms. The van der Waals surface area contributed by atoms with Crippen molar-refractivity contribution in [3.63, 3.8) is 0 Å². The minimum absolute atomic E-state index is 0. The number of benzene rings is 3. The van der Waals surface area contributed by atoms with Gasteiger partial charge in [-0.1, -0.05) is 61.9 Å². The van der Waals surface area contributed by atoms with E-state index in [1.807, 2.05) is 0 Å². The van der Waals surface area contributed by atoms with E-state index in [4.69, 9.17) is 4.74 Å². The quantitative estimate of drug-likeness (QED) is 0.138. The van der Waals surface area contributed by atoms with E-state index in [2.05, 4.69) is 91.9 Å². The van der Waals surface area contributed by atoms with Crippen molar-refractivity contribution in [3.05, 3.63) is 90.5 Å². The Kier molecular flexibility index (Phi) is 28.4. The molecule has 0 aliphatic heterocycles. The third-order valence-electron chi connectivity index (χ3n) is 4.06. The molecule has 32 heavy (non-hydrogen) atoms. The second kappa shape index (κ2) is 22.4.